The highest BCUT2D eigenvalue weighted by Crippen LogP contribution is 2.36. The number of nitrogens with zero attached hydrogens (tertiary/aromatic N) is 3. The zero-order valence-electron chi connectivity index (χ0n) is 21.5. The highest BCUT2D eigenvalue weighted by molar-refractivity contribution is 8.22. The number of likely N-dealkylation sites (N-methyl/N-ethyl adjacent to an activating group) is 1. The number of benzene rings is 1. The molecular formula is C25H40N4O2S4. The van der Waals surface area contributed by atoms with Gasteiger partial charge >= 0.3 is 0 Å². The second-order valence-corrected chi connectivity index (χ2v) is 13.8. The van der Waals surface area contributed by atoms with E-state index in [1.807, 2.05) is 42.6 Å². The van der Waals surface area contributed by atoms with Gasteiger partial charge in [-0.15, -0.1) is 23.5 Å². The molecule has 35 heavy (non-hydrogen) atoms. The molecule has 1 aromatic rings. The third kappa shape index (κ3) is 7.84. The first-order valence-electron chi connectivity index (χ1n) is 12.5. The van der Waals surface area contributed by atoms with Crippen molar-refractivity contribution in [2.75, 3.05) is 69.4 Å². The minimum atomic E-state index is 0.0473. The number of nitrogen functional groups attached to an aromatic ring is 1. The van der Waals surface area contributed by atoms with Gasteiger partial charge in [-0.3, -0.25) is 4.79 Å². The van der Waals surface area contributed by atoms with Gasteiger partial charge in [0.2, 0.25) is 0 Å². The van der Waals surface area contributed by atoms with Crippen molar-refractivity contribution in [1.82, 2.24) is 14.7 Å². The molecule has 0 unspecified atom stereocenters. The molecule has 3 rings (SSSR count). The van der Waals surface area contributed by atoms with Crippen LogP contribution in [0.3, 0.4) is 0 Å². The number of thiocarbonyl (C=S) groups is 1. The summed E-state index contributed by atoms with van der Waals surface area (Å²) in [6.07, 6.45) is 2.11. The summed E-state index contributed by atoms with van der Waals surface area (Å²) in [6, 6.07) is 3.98. The summed E-state index contributed by atoms with van der Waals surface area (Å²) in [7, 11) is 2.14. The molecule has 2 heterocycles. The van der Waals surface area contributed by atoms with E-state index in [1.54, 1.807) is 11.8 Å². The largest absolute Gasteiger partial charge is 0.492 e. The number of carbonyl (C=O) groups is 1. The van der Waals surface area contributed by atoms with Gasteiger partial charge in [-0.25, -0.2) is 0 Å². The lowest BCUT2D eigenvalue weighted by molar-refractivity contribution is 0.0747. The number of amides is 1. The van der Waals surface area contributed by atoms with Gasteiger partial charge in [-0.1, -0.05) is 37.8 Å². The van der Waals surface area contributed by atoms with E-state index in [0.717, 1.165) is 78.5 Å². The normalized spacial score (nSPS) is 18.9. The number of piperazine rings is 1. The molecule has 0 bridgehead atoms. The predicted octanol–water partition coefficient (Wildman–Crippen LogP) is 4.66. The van der Waals surface area contributed by atoms with Crippen LogP contribution in [0, 0.1) is 6.92 Å². The van der Waals surface area contributed by atoms with Crippen LogP contribution in [0.4, 0.5) is 5.69 Å². The standard InChI is InChI=1S/C25H40N4O2S4/c1-5-33-24(34-6-2)21-8-7-9-29(21)23(30)19-16-18(3)22(17-20(19)26)31-14-15-35-25(32)28-12-10-27(4)11-13-28/h16-17,21,24H,5-15,26H2,1-4H3/t21-/m0/s1. The lowest BCUT2D eigenvalue weighted by atomic mass is 10.1. The molecule has 0 saturated carbocycles. The van der Waals surface area contributed by atoms with Crippen molar-refractivity contribution in [2.24, 2.45) is 0 Å². The molecule has 0 spiro atoms. The van der Waals surface area contributed by atoms with E-state index in [2.05, 4.69) is 35.6 Å². The van der Waals surface area contributed by atoms with Crippen molar-refractivity contribution in [3.8, 4) is 5.75 Å². The monoisotopic (exact) mass is 556 g/mol. The van der Waals surface area contributed by atoms with Crippen LogP contribution in [0.25, 0.3) is 0 Å². The number of anilines is 1. The Morgan fingerprint density at radius 3 is 2.51 bits per heavy atom. The Hall–Kier alpha value is -0.810. The zero-order valence-corrected chi connectivity index (χ0v) is 24.7. The number of nitrogens with two attached hydrogens (primary N) is 1. The van der Waals surface area contributed by atoms with Crippen LogP contribution >= 0.6 is 47.5 Å². The average molecular weight is 557 g/mol. The van der Waals surface area contributed by atoms with E-state index < -0.39 is 0 Å². The van der Waals surface area contributed by atoms with Gasteiger partial charge < -0.3 is 25.2 Å². The van der Waals surface area contributed by atoms with Crippen molar-refractivity contribution in [2.45, 2.75) is 44.2 Å². The van der Waals surface area contributed by atoms with Gasteiger partial charge in [0.25, 0.3) is 5.91 Å². The summed E-state index contributed by atoms with van der Waals surface area (Å²) in [5.74, 6) is 3.69. The third-order valence-electron chi connectivity index (χ3n) is 6.44. The first-order chi connectivity index (χ1) is 16.8. The first-order valence-corrected chi connectivity index (χ1v) is 16.0. The number of carbonyl (C=O) groups excluding carboxylic acids is 1. The number of rotatable bonds is 10. The number of thioether (sulfide) groups is 3. The predicted molar refractivity (Wildman–Crippen MR) is 159 cm³/mol. The SMILES string of the molecule is CCSC(SCC)[C@@H]1CCCN1C(=O)c1cc(C)c(OCCSC(=S)N2CCN(C)CC2)cc1N. The molecule has 10 heteroatoms. The van der Waals surface area contributed by atoms with E-state index in [9.17, 15) is 4.79 Å². The summed E-state index contributed by atoms with van der Waals surface area (Å²) in [5, 5.41) is 0. The number of ether oxygens (including phenoxy) is 1. The maximum Gasteiger partial charge on any atom is 0.256 e. The Labute approximate surface area is 229 Å². The Kier molecular flexibility index (Phi) is 11.7. The molecule has 0 aromatic heterocycles. The van der Waals surface area contributed by atoms with E-state index in [4.69, 9.17) is 22.7 Å². The van der Waals surface area contributed by atoms with Gasteiger partial charge in [-0.2, -0.15) is 0 Å². The fourth-order valence-electron chi connectivity index (χ4n) is 4.49. The minimum absolute atomic E-state index is 0.0473. The van der Waals surface area contributed by atoms with Gasteiger partial charge in [0.05, 0.1) is 22.8 Å². The maximum atomic E-state index is 13.5. The second-order valence-electron chi connectivity index (χ2n) is 8.95. The number of hydrogen-bond donors (Lipinski definition) is 1. The molecule has 196 valence electrons. The van der Waals surface area contributed by atoms with Gasteiger partial charge in [0.15, 0.2) is 0 Å². The Morgan fingerprint density at radius 2 is 1.86 bits per heavy atom. The zero-order chi connectivity index (χ0) is 25.4. The van der Waals surface area contributed by atoms with Crippen LogP contribution in [-0.4, -0.2) is 99.2 Å². The summed E-state index contributed by atoms with van der Waals surface area (Å²) in [4.78, 5) is 20.2. The highest BCUT2D eigenvalue weighted by atomic mass is 32.2. The van der Waals surface area contributed by atoms with Gasteiger partial charge in [0.1, 0.15) is 10.1 Å². The Morgan fingerprint density at radius 1 is 1.17 bits per heavy atom. The molecule has 0 aliphatic carbocycles. The van der Waals surface area contributed by atoms with Crippen LogP contribution in [0.2, 0.25) is 0 Å². The molecule has 1 amide bonds. The second kappa shape index (κ2) is 14.2. The lowest BCUT2D eigenvalue weighted by Gasteiger charge is -2.33. The molecule has 1 aromatic carbocycles. The third-order valence-corrected chi connectivity index (χ3v) is 10.7. The van der Waals surface area contributed by atoms with Crippen LogP contribution in [-0.2, 0) is 0 Å². The van der Waals surface area contributed by atoms with Gasteiger partial charge in [-0.05, 0) is 49.9 Å². The fraction of sp³-hybridized carbons (Fsp3) is 0.680. The molecule has 2 N–H and O–H groups in total. The van der Waals surface area contributed by atoms with Crippen LogP contribution in [0.15, 0.2) is 12.1 Å². The Balaban J connectivity index is 1.56. The van der Waals surface area contributed by atoms with Crippen molar-refractivity contribution in [3.05, 3.63) is 23.3 Å². The average Bonchev–Trinajstić information content (AvgIpc) is 3.33. The lowest BCUT2D eigenvalue weighted by Crippen LogP contribution is -2.45. The van der Waals surface area contributed by atoms with Crippen LogP contribution in [0.1, 0.15) is 42.6 Å². The van der Waals surface area contributed by atoms with Crippen LogP contribution in [0.5, 0.6) is 5.75 Å². The van der Waals surface area contributed by atoms with E-state index in [1.165, 1.54) is 0 Å². The van der Waals surface area contributed by atoms with E-state index in [-0.39, 0.29) is 11.9 Å². The number of hydrogen-bond acceptors (Lipinski definition) is 8. The van der Waals surface area contributed by atoms with Crippen LogP contribution < -0.4 is 10.5 Å². The first kappa shape index (κ1) is 28.8. The molecule has 0 radical (unpaired) electrons. The van der Waals surface area contributed by atoms with Crippen molar-refractivity contribution in [3.63, 3.8) is 0 Å². The maximum absolute atomic E-state index is 13.5. The molecule has 2 fully saturated rings. The Bertz CT molecular complexity index is 858. The van der Waals surface area contributed by atoms with E-state index >= 15 is 0 Å². The summed E-state index contributed by atoms with van der Waals surface area (Å²) >= 11 is 11.2. The summed E-state index contributed by atoms with van der Waals surface area (Å²) < 4.78 is 7.39. The minimum Gasteiger partial charge on any atom is -0.492 e. The molecular weight excluding hydrogens is 517 g/mol. The smallest absolute Gasteiger partial charge is 0.256 e. The van der Waals surface area contributed by atoms with Crippen molar-refractivity contribution in [1.29, 1.82) is 0 Å². The van der Waals surface area contributed by atoms with E-state index in [0.29, 0.717) is 22.4 Å². The molecule has 2 aliphatic heterocycles. The molecule has 2 aliphatic rings. The highest BCUT2D eigenvalue weighted by Gasteiger charge is 2.36. The molecule has 1 atom stereocenters. The topological polar surface area (TPSA) is 62.0 Å². The summed E-state index contributed by atoms with van der Waals surface area (Å²) in [6.45, 7) is 11.8. The van der Waals surface area contributed by atoms with Crippen molar-refractivity contribution >= 4 is 63.4 Å². The number of aryl methyl sites for hydroxylation is 1. The quantitative estimate of drug-likeness (QED) is 0.192. The fourth-order valence-corrected chi connectivity index (χ4v) is 8.49. The van der Waals surface area contributed by atoms with Gasteiger partial charge in [0, 0.05) is 50.2 Å². The number of likely N-dealkylation sites (tertiary alicyclic amines) is 1. The molecule has 2 saturated heterocycles. The molecule has 6 nitrogen and oxygen atoms in total. The van der Waals surface area contributed by atoms with Crippen molar-refractivity contribution < 1.29 is 9.53 Å². The summed E-state index contributed by atoms with van der Waals surface area (Å²) in [5.41, 5.74) is 8.40.